The Morgan fingerprint density at radius 1 is 0.300 bits per heavy atom. The number of aromatic nitrogens is 5. The number of hydrogen-bond acceptors (Lipinski definition) is 3. The largest absolute Gasteiger partial charge is 0.307 e. The molecule has 0 saturated heterocycles. The lowest BCUT2D eigenvalue weighted by atomic mass is 10.0. The molecule has 0 atom stereocenters. The molecule has 50 heavy (non-hydrogen) atoms. The van der Waals surface area contributed by atoms with Gasteiger partial charge in [0.05, 0.1) is 22.1 Å². The van der Waals surface area contributed by atoms with Crippen molar-refractivity contribution in [3.05, 3.63) is 176 Å². The SMILES string of the molecule is c1ccc(-c2ccc(-c3nc(-c4ccccc4)nc(-n4c5ccccc5c5ccc6c7ccccc7n(-c7ccccc7)c6c54)n3)cc2)cc1. The highest BCUT2D eigenvalue weighted by molar-refractivity contribution is 6.23. The van der Waals surface area contributed by atoms with Gasteiger partial charge < -0.3 is 4.57 Å². The summed E-state index contributed by atoms with van der Waals surface area (Å²) >= 11 is 0. The van der Waals surface area contributed by atoms with Crippen molar-refractivity contribution in [2.24, 2.45) is 0 Å². The van der Waals surface area contributed by atoms with Gasteiger partial charge in [0.2, 0.25) is 5.95 Å². The summed E-state index contributed by atoms with van der Waals surface area (Å²) in [6.45, 7) is 0. The Balaban J connectivity index is 1.30. The molecule has 234 valence electrons. The highest BCUT2D eigenvalue weighted by Crippen LogP contribution is 2.41. The lowest BCUT2D eigenvalue weighted by Crippen LogP contribution is -2.07. The predicted molar refractivity (Wildman–Crippen MR) is 205 cm³/mol. The maximum absolute atomic E-state index is 5.27. The van der Waals surface area contributed by atoms with Crippen molar-refractivity contribution in [2.45, 2.75) is 0 Å². The molecule has 0 fully saturated rings. The van der Waals surface area contributed by atoms with E-state index in [2.05, 4.69) is 161 Å². The first-order chi connectivity index (χ1) is 24.8. The van der Waals surface area contributed by atoms with E-state index in [0.29, 0.717) is 17.6 Å². The molecule has 10 rings (SSSR count). The van der Waals surface area contributed by atoms with Crippen molar-refractivity contribution in [1.29, 1.82) is 0 Å². The van der Waals surface area contributed by atoms with E-state index in [1.165, 1.54) is 16.3 Å². The minimum absolute atomic E-state index is 0.574. The van der Waals surface area contributed by atoms with Crippen LogP contribution < -0.4 is 0 Å². The third kappa shape index (κ3) is 4.45. The molecule has 0 bridgehead atoms. The van der Waals surface area contributed by atoms with Crippen LogP contribution in [0.5, 0.6) is 0 Å². The van der Waals surface area contributed by atoms with Crippen molar-refractivity contribution in [3.63, 3.8) is 0 Å². The van der Waals surface area contributed by atoms with Gasteiger partial charge in [0, 0.05) is 38.4 Å². The normalized spacial score (nSPS) is 11.6. The smallest absolute Gasteiger partial charge is 0.238 e. The monoisotopic (exact) mass is 639 g/mol. The molecule has 0 N–H and O–H groups in total. The van der Waals surface area contributed by atoms with E-state index in [1.807, 2.05) is 24.3 Å². The van der Waals surface area contributed by atoms with E-state index in [4.69, 9.17) is 15.0 Å². The first kappa shape index (κ1) is 28.2. The molecule has 0 aliphatic carbocycles. The van der Waals surface area contributed by atoms with Crippen molar-refractivity contribution >= 4 is 43.6 Å². The van der Waals surface area contributed by atoms with Crippen LogP contribution in [0.4, 0.5) is 0 Å². The fourth-order valence-electron chi connectivity index (χ4n) is 7.31. The van der Waals surface area contributed by atoms with Crippen LogP contribution in [-0.2, 0) is 0 Å². The summed E-state index contributed by atoms with van der Waals surface area (Å²) in [5.74, 6) is 1.82. The van der Waals surface area contributed by atoms with Gasteiger partial charge in [-0.2, -0.15) is 9.97 Å². The maximum Gasteiger partial charge on any atom is 0.238 e. The van der Waals surface area contributed by atoms with Crippen LogP contribution in [0.3, 0.4) is 0 Å². The van der Waals surface area contributed by atoms with Gasteiger partial charge in [-0.3, -0.25) is 4.57 Å². The summed E-state index contributed by atoms with van der Waals surface area (Å²) in [5.41, 5.74) is 9.63. The average Bonchev–Trinajstić information content (AvgIpc) is 3.72. The van der Waals surface area contributed by atoms with Gasteiger partial charge in [0.25, 0.3) is 0 Å². The Bertz CT molecular complexity index is 2840. The highest BCUT2D eigenvalue weighted by atomic mass is 15.2. The minimum Gasteiger partial charge on any atom is -0.307 e. The van der Waals surface area contributed by atoms with Crippen molar-refractivity contribution in [2.75, 3.05) is 0 Å². The Kier molecular flexibility index (Phi) is 6.42. The van der Waals surface area contributed by atoms with Crippen molar-refractivity contribution < 1.29 is 0 Å². The van der Waals surface area contributed by atoms with E-state index in [9.17, 15) is 0 Å². The van der Waals surface area contributed by atoms with Crippen LogP contribution in [0, 0.1) is 0 Å². The van der Waals surface area contributed by atoms with Gasteiger partial charge in [-0.05, 0) is 35.4 Å². The predicted octanol–water partition coefficient (Wildman–Crippen LogP) is 11.1. The number of nitrogens with zero attached hydrogens (tertiary/aromatic N) is 5. The maximum atomic E-state index is 5.27. The van der Waals surface area contributed by atoms with E-state index in [0.717, 1.165) is 55.2 Å². The lowest BCUT2D eigenvalue weighted by molar-refractivity contribution is 0.953. The van der Waals surface area contributed by atoms with Crippen molar-refractivity contribution in [1.82, 2.24) is 24.1 Å². The number of benzene rings is 7. The zero-order valence-electron chi connectivity index (χ0n) is 27.0. The van der Waals surface area contributed by atoms with Crippen LogP contribution in [0.15, 0.2) is 176 Å². The van der Waals surface area contributed by atoms with Gasteiger partial charge in [0.1, 0.15) is 0 Å². The number of para-hydroxylation sites is 3. The standard InChI is InChI=1S/C45H29N5/c1-4-14-30(15-5-1)31-24-26-33(27-25-31)44-46-43(32-16-6-2-7-17-32)47-45(48-44)50-40-23-13-11-21-36(40)38-29-28-37-35-20-10-12-22-39(35)49(41(37)42(38)50)34-18-8-3-9-19-34/h1-29H. The summed E-state index contributed by atoms with van der Waals surface area (Å²) in [5, 5.41) is 4.66. The van der Waals surface area contributed by atoms with E-state index in [1.54, 1.807) is 0 Å². The summed E-state index contributed by atoms with van der Waals surface area (Å²) in [7, 11) is 0. The van der Waals surface area contributed by atoms with E-state index >= 15 is 0 Å². The average molecular weight is 640 g/mol. The lowest BCUT2D eigenvalue weighted by Gasteiger charge is -2.13. The molecule has 0 saturated carbocycles. The zero-order chi connectivity index (χ0) is 33.0. The molecule has 0 aliphatic heterocycles. The molecule has 0 spiro atoms. The highest BCUT2D eigenvalue weighted by Gasteiger charge is 2.23. The van der Waals surface area contributed by atoms with Gasteiger partial charge in [0.15, 0.2) is 11.6 Å². The second-order valence-corrected chi connectivity index (χ2v) is 12.5. The van der Waals surface area contributed by atoms with Crippen LogP contribution >= 0.6 is 0 Å². The minimum atomic E-state index is 0.574. The topological polar surface area (TPSA) is 48.5 Å². The fraction of sp³-hybridized carbons (Fsp3) is 0. The molecule has 7 aromatic carbocycles. The number of hydrogen-bond donors (Lipinski definition) is 0. The summed E-state index contributed by atoms with van der Waals surface area (Å²) < 4.78 is 4.62. The Labute approximate surface area is 288 Å². The molecule has 0 aliphatic rings. The molecule has 3 aromatic heterocycles. The zero-order valence-corrected chi connectivity index (χ0v) is 27.0. The van der Waals surface area contributed by atoms with Gasteiger partial charge >= 0.3 is 0 Å². The van der Waals surface area contributed by atoms with Crippen LogP contribution in [0.2, 0.25) is 0 Å². The first-order valence-corrected chi connectivity index (χ1v) is 16.8. The number of rotatable bonds is 5. The molecule has 5 heteroatoms. The second kappa shape index (κ2) is 11.4. The molecule has 3 heterocycles. The van der Waals surface area contributed by atoms with Crippen LogP contribution in [0.25, 0.3) is 89.2 Å². The molecular formula is C45H29N5. The van der Waals surface area contributed by atoms with E-state index in [-0.39, 0.29) is 0 Å². The summed E-state index contributed by atoms with van der Waals surface area (Å²) in [6.07, 6.45) is 0. The van der Waals surface area contributed by atoms with Crippen LogP contribution in [0.1, 0.15) is 0 Å². The first-order valence-electron chi connectivity index (χ1n) is 16.8. The fourth-order valence-corrected chi connectivity index (χ4v) is 7.31. The second-order valence-electron chi connectivity index (χ2n) is 12.5. The molecule has 5 nitrogen and oxygen atoms in total. The molecule has 0 radical (unpaired) electrons. The van der Waals surface area contributed by atoms with Gasteiger partial charge in [-0.1, -0.05) is 152 Å². The van der Waals surface area contributed by atoms with Gasteiger partial charge in [-0.25, -0.2) is 4.98 Å². The molecular weight excluding hydrogens is 611 g/mol. The Morgan fingerprint density at radius 3 is 1.32 bits per heavy atom. The van der Waals surface area contributed by atoms with Crippen LogP contribution in [-0.4, -0.2) is 24.1 Å². The van der Waals surface area contributed by atoms with E-state index < -0.39 is 0 Å². The Hall–Kier alpha value is -6.85. The summed E-state index contributed by atoms with van der Waals surface area (Å²) in [6, 6.07) is 61.4. The molecule has 0 amide bonds. The third-order valence-corrected chi connectivity index (χ3v) is 9.59. The molecule has 10 aromatic rings. The van der Waals surface area contributed by atoms with Gasteiger partial charge in [-0.15, -0.1) is 0 Å². The van der Waals surface area contributed by atoms with Crippen molar-refractivity contribution in [3.8, 4) is 45.5 Å². The Morgan fingerprint density at radius 2 is 0.720 bits per heavy atom. The number of fused-ring (bicyclic) bond motifs is 7. The summed E-state index contributed by atoms with van der Waals surface area (Å²) in [4.78, 5) is 15.6. The third-order valence-electron chi connectivity index (χ3n) is 9.59. The molecule has 0 unspecified atom stereocenters. The quantitative estimate of drug-likeness (QED) is 0.188.